The summed E-state index contributed by atoms with van der Waals surface area (Å²) in [4.78, 5) is 7.61. The van der Waals surface area contributed by atoms with Gasteiger partial charge in [0.05, 0.1) is 16.9 Å². The lowest BCUT2D eigenvalue weighted by Gasteiger charge is -2.40. The molecule has 0 saturated heterocycles. The third-order valence-corrected chi connectivity index (χ3v) is 6.98. The third-order valence-electron chi connectivity index (χ3n) is 5.68. The smallest absolute Gasteiger partial charge is 0.134 e. The molecular formula is C24H30N4O2S. The molecule has 31 heavy (non-hydrogen) atoms. The first-order valence-corrected chi connectivity index (χ1v) is 12.0. The molecule has 4 rings (SSSR count). The Morgan fingerprint density at radius 3 is 2.94 bits per heavy atom. The fourth-order valence-electron chi connectivity index (χ4n) is 4.22. The van der Waals surface area contributed by atoms with Crippen LogP contribution in [0.5, 0.6) is 0 Å². The van der Waals surface area contributed by atoms with Crippen molar-refractivity contribution >= 4 is 27.8 Å². The number of rotatable bonds is 6. The van der Waals surface area contributed by atoms with Gasteiger partial charge in [0.2, 0.25) is 0 Å². The molecule has 0 saturated carbocycles. The third kappa shape index (κ3) is 4.31. The highest BCUT2D eigenvalue weighted by atomic mass is 32.2. The van der Waals surface area contributed by atoms with Gasteiger partial charge >= 0.3 is 0 Å². The number of nitrogens with one attached hydrogen (secondary N) is 2. The molecule has 1 aromatic heterocycles. The van der Waals surface area contributed by atoms with Crippen molar-refractivity contribution in [1.82, 2.24) is 15.2 Å². The summed E-state index contributed by atoms with van der Waals surface area (Å²) in [5, 5.41) is 16.8. The van der Waals surface area contributed by atoms with Gasteiger partial charge in [0.15, 0.2) is 0 Å². The zero-order valence-electron chi connectivity index (χ0n) is 18.5. The molecule has 7 heteroatoms. The first-order valence-electron chi connectivity index (χ1n) is 10.7. The molecule has 2 aromatic rings. The molecule has 3 heterocycles. The van der Waals surface area contributed by atoms with Gasteiger partial charge in [-0.15, -0.1) is 0 Å². The number of aromatic nitrogens is 1. The molecule has 2 aliphatic rings. The summed E-state index contributed by atoms with van der Waals surface area (Å²) in [5.41, 5.74) is 6.68. The van der Waals surface area contributed by atoms with Crippen LogP contribution < -0.4 is 10.6 Å². The van der Waals surface area contributed by atoms with E-state index in [-0.39, 0.29) is 6.17 Å². The molecule has 0 radical (unpaired) electrons. The van der Waals surface area contributed by atoms with Crippen LogP contribution in [0.3, 0.4) is 0 Å². The monoisotopic (exact) mass is 438 g/mol. The number of aryl methyl sites for hydroxylation is 1. The van der Waals surface area contributed by atoms with Crippen molar-refractivity contribution in [2.45, 2.75) is 37.9 Å². The Balaban J connectivity index is 1.87. The molecule has 3 unspecified atom stereocenters. The van der Waals surface area contributed by atoms with Gasteiger partial charge in [-0.05, 0) is 54.3 Å². The summed E-state index contributed by atoms with van der Waals surface area (Å²) >= 11 is 0. The fraction of sp³-hybridized carbons (Fsp3) is 0.375. The molecule has 3 N–H and O–H groups in total. The van der Waals surface area contributed by atoms with Crippen molar-refractivity contribution in [1.29, 1.82) is 0 Å². The molecule has 164 valence electrons. The Hall–Kier alpha value is -2.48. The van der Waals surface area contributed by atoms with Gasteiger partial charge in [0.25, 0.3) is 0 Å². The van der Waals surface area contributed by atoms with Gasteiger partial charge in [-0.3, -0.25) is 9.53 Å². The van der Waals surface area contributed by atoms with E-state index in [0.29, 0.717) is 18.8 Å². The van der Waals surface area contributed by atoms with Gasteiger partial charge in [-0.1, -0.05) is 19.1 Å². The largest absolute Gasteiger partial charge is 0.392 e. The molecule has 6 nitrogen and oxygen atoms in total. The quantitative estimate of drug-likeness (QED) is 0.644. The molecule has 0 spiro atoms. The second-order valence-corrected chi connectivity index (χ2v) is 9.93. The van der Waals surface area contributed by atoms with Crippen LogP contribution in [0, 0.1) is 6.92 Å². The Labute approximate surface area is 186 Å². The van der Waals surface area contributed by atoms with Crippen LogP contribution in [0.4, 0.5) is 5.82 Å². The predicted octanol–water partition coefficient (Wildman–Crippen LogP) is 2.98. The molecule has 0 bridgehead atoms. The highest BCUT2D eigenvalue weighted by Gasteiger charge is 2.33. The molecule has 3 atom stereocenters. The Morgan fingerprint density at radius 1 is 1.39 bits per heavy atom. The lowest BCUT2D eigenvalue weighted by atomic mass is 9.83. The van der Waals surface area contributed by atoms with Crippen molar-refractivity contribution in [3.63, 3.8) is 0 Å². The van der Waals surface area contributed by atoms with E-state index >= 15 is 0 Å². The molecule has 0 amide bonds. The van der Waals surface area contributed by atoms with Gasteiger partial charge < -0.3 is 15.3 Å². The number of likely N-dealkylation sites (N-methyl/N-ethyl adjacent to an activating group) is 1. The Bertz CT molecular complexity index is 1080. The molecule has 0 aliphatic carbocycles. The summed E-state index contributed by atoms with van der Waals surface area (Å²) in [7, 11) is 1.03. The number of allylic oxidation sites excluding steroid dienone is 2. The number of nitrogens with zero attached hydrogens (tertiary/aromatic N) is 2. The van der Waals surface area contributed by atoms with Crippen LogP contribution >= 0.6 is 0 Å². The van der Waals surface area contributed by atoms with Gasteiger partial charge in [-0.25, -0.2) is 4.98 Å². The minimum Gasteiger partial charge on any atom is -0.392 e. The summed E-state index contributed by atoms with van der Waals surface area (Å²) in [6.45, 7) is 6.94. The van der Waals surface area contributed by atoms with Crippen LogP contribution in [0.25, 0.3) is 11.1 Å². The van der Waals surface area contributed by atoms with Crippen molar-refractivity contribution in [2.24, 2.45) is 0 Å². The molecular weight excluding hydrogens is 408 g/mol. The van der Waals surface area contributed by atoms with Crippen molar-refractivity contribution < 1.29 is 9.32 Å². The predicted molar refractivity (Wildman–Crippen MR) is 127 cm³/mol. The molecule has 0 fully saturated rings. The van der Waals surface area contributed by atoms with Gasteiger partial charge in [0.1, 0.15) is 12.0 Å². The number of hydrogen-bond donors (Lipinski definition) is 3. The number of hydrogen-bond acceptors (Lipinski definition) is 6. The minimum absolute atomic E-state index is 0.0394. The lowest BCUT2D eigenvalue weighted by Crippen LogP contribution is -2.48. The molecule has 1 aromatic carbocycles. The number of aliphatic hydroxyl groups is 1. The summed E-state index contributed by atoms with van der Waals surface area (Å²) in [5.74, 6) is 1.47. The second-order valence-electron chi connectivity index (χ2n) is 8.19. The Morgan fingerprint density at radius 2 is 2.19 bits per heavy atom. The van der Waals surface area contributed by atoms with Gasteiger partial charge in [0, 0.05) is 54.3 Å². The topological polar surface area (TPSA) is 77.5 Å². The molecule has 2 aliphatic heterocycles. The first-order chi connectivity index (χ1) is 14.9. The standard InChI is InChI=1S/C24H30N4O2S/c1-5-31(30)18-8-6-7-17(10-18)21-14-28(4)24(27-12-16(3)29)20-13-26-23-19(22(20)21)9-15(2)11-25-23/h6-11,14,16,24,27,29H,5,12-13H2,1-4H3,(H,25,26). The average Bonchev–Trinajstić information content (AvgIpc) is 2.77. The van der Waals surface area contributed by atoms with Crippen molar-refractivity contribution in [3.8, 4) is 0 Å². The van der Waals surface area contributed by atoms with E-state index in [1.54, 1.807) is 6.92 Å². The van der Waals surface area contributed by atoms with Crippen molar-refractivity contribution in [2.75, 3.05) is 31.2 Å². The van der Waals surface area contributed by atoms with Crippen LogP contribution in [-0.4, -0.2) is 57.4 Å². The van der Waals surface area contributed by atoms with E-state index in [4.69, 9.17) is 0 Å². The SMILES string of the molecule is CCS(=O)c1cccc(C2=CN(C)C(NCC(C)O)C3=C2c2cc(C)cnc2NC3)c1. The number of anilines is 1. The fourth-order valence-corrected chi connectivity index (χ4v) is 5.04. The maximum atomic E-state index is 12.5. The zero-order chi connectivity index (χ0) is 22.1. The maximum absolute atomic E-state index is 12.5. The van der Waals surface area contributed by atoms with Crippen LogP contribution in [0.2, 0.25) is 0 Å². The van der Waals surface area contributed by atoms with E-state index in [0.717, 1.165) is 38.5 Å². The van der Waals surface area contributed by atoms with Crippen LogP contribution in [-0.2, 0) is 10.8 Å². The van der Waals surface area contributed by atoms with E-state index in [2.05, 4.69) is 45.8 Å². The zero-order valence-corrected chi connectivity index (χ0v) is 19.3. The Kier molecular flexibility index (Phi) is 6.27. The normalized spacial score (nSPS) is 19.8. The van der Waals surface area contributed by atoms with E-state index in [9.17, 15) is 9.32 Å². The van der Waals surface area contributed by atoms with Crippen LogP contribution in [0.1, 0.15) is 30.5 Å². The van der Waals surface area contributed by atoms with Crippen molar-refractivity contribution in [3.05, 3.63) is 65.0 Å². The van der Waals surface area contributed by atoms with E-state index in [1.165, 1.54) is 5.57 Å². The summed E-state index contributed by atoms with van der Waals surface area (Å²) < 4.78 is 12.5. The number of fused-ring (bicyclic) bond motifs is 2. The highest BCUT2D eigenvalue weighted by molar-refractivity contribution is 7.85. The number of pyridine rings is 1. The first kappa shape index (κ1) is 21.7. The summed E-state index contributed by atoms with van der Waals surface area (Å²) in [6.07, 6.45) is 3.55. The van der Waals surface area contributed by atoms with Crippen LogP contribution in [0.15, 0.2) is 53.2 Å². The van der Waals surface area contributed by atoms with Gasteiger partial charge in [-0.2, -0.15) is 0 Å². The second kappa shape index (κ2) is 8.94. The van der Waals surface area contributed by atoms with E-state index < -0.39 is 16.9 Å². The van der Waals surface area contributed by atoms with E-state index in [1.807, 2.05) is 38.4 Å². The minimum atomic E-state index is -1.01. The summed E-state index contributed by atoms with van der Waals surface area (Å²) in [6, 6.07) is 10.2. The lowest BCUT2D eigenvalue weighted by molar-refractivity contribution is 0.174. The highest BCUT2D eigenvalue weighted by Crippen LogP contribution is 2.43. The average molecular weight is 439 g/mol. The maximum Gasteiger partial charge on any atom is 0.134 e. The number of aliphatic hydroxyl groups excluding tert-OH is 1. The number of benzene rings is 1.